The van der Waals surface area contributed by atoms with Crippen molar-refractivity contribution in [3.8, 4) is 0 Å². The van der Waals surface area contributed by atoms with Crippen LogP contribution in [0.3, 0.4) is 0 Å². The van der Waals surface area contributed by atoms with Crippen LogP contribution >= 0.6 is 22.9 Å². The molecule has 0 unspecified atom stereocenters. The molecule has 0 aromatic carbocycles. The Hall–Kier alpha value is -0.950. The summed E-state index contributed by atoms with van der Waals surface area (Å²) in [4.78, 5) is 13.7. The summed E-state index contributed by atoms with van der Waals surface area (Å²) in [6.07, 6.45) is 2.35. The first-order valence-electron chi connectivity index (χ1n) is 7.79. The molecular formula is C15H19ClN4OS. The van der Waals surface area contributed by atoms with E-state index in [4.69, 9.17) is 16.3 Å². The second-order valence-corrected chi connectivity index (χ2v) is 7.07. The van der Waals surface area contributed by atoms with Crippen LogP contribution in [0.4, 0.5) is 5.82 Å². The van der Waals surface area contributed by atoms with Gasteiger partial charge in [0.2, 0.25) is 5.28 Å². The molecule has 0 spiro atoms. The average Bonchev–Trinajstić information content (AvgIpc) is 3.03. The van der Waals surface area contributed by atoms with Crippen molar-refractivity contribution in [3.63, 3.8) is 0 Å². The summed E-state index contributed by atoms with van der Waals surface area (Å²) in [6.45, 7) is 5.94. The molecule has 0 atom stereocenters. The molecule has 0 bridgehead atoms. The standard InChI is InChI=1S/C15H19ClN4OS/c16-15-17-12-3-10-22-13(12)14(18-15)20-4-1-11(2-5-20)19-6-8-21-9-7-19/h3,10-11H,1-2,4-9H2. The highest BCUT2D eigenvalue weighted by Gasteiger charge is 2.27. The van der Waals surface area contributed by atoms with Gasteiger partial charge in [0.05, 0.1) is 23.4 Å². The fourth-order valence-corrected chi connectivity index (χ4v) is 4.44. The smallest absolute Gasteiger partial charge is 0.224 e. The van der Waals surface area contributed by atoms with Crippen molar-refractivity contribution in [2.24, 2.45) is 0 Å². The van der Waals surface area contributed by atoms with E-state index < -0.39 is 0 Å². The van der Waals surface area contributed by atoms with Crippen LogP contribution in [0.2, 0.25) is 5.28 Å². The Morgan fingerprint density at radius 3 is 2.68 bits per heavy atom. The molecule has 118 valence electrons. The van der Waals surface area contributed by atoms with E-state index in [0.29, 0.717) is 11.3 Å². The predicted octanol–water partition coefficient (Wildman–Crippen LogP) is 2.65. The highest BCUT2D eigenvalue weighted by Crippen LogP contribution is 2.32. The molecule has 0 radical (unpaired) electrons. The first-order valence-corrected chi connectivity index (χ1v) is 9.04. The molecule has 0 amide bonds. The molecule has 2 aliphatic heterocycles. The topological polar surface area (TPSA) is 41.5 Å². The molecule has 2 aliphatic rings. The van der Waals surface area contributed by atoms with Crippen LogP contribution in [0, 0.1) is 0 Å². The van der Waals surface area contributed by atoms with E-state index in [0.717, 1.165) is 55.4 Å². The Labute approximate surface area is 138 Å². The number of ether oxygens (including phenoxy) is 1. The van der Waals surface area contributed by atoms with Crippen molar-refractivity contribution < 1.29 is 4.74 Å². The van der Waals surface area contributed by atoms with Crippen LogP contribution in [0.1, 0.15) is 12.8 Å². The fraction of sp³-hybridized carbons (Fsp3) is 0.600. The summed E-state index contributed by atoms with van der Waals surface area (Å²) in [5, 5.41) is 2.40. The zero-order valence-corrected chi connectivity index (χ0v) is 13.9. The Morgan fingerprint density at radius 2 is 1.91 bits per heavy atom. The number of piperidine rings is 1. The van der Waals surface area contributed by atoms with Gasteiger partial charge in [0, 0.05) is 32.2 Å². The molecule has 22 heavy (non-hydrogen) atoms. The normalized spacial score (nSPS) is 21.6. The van der Waals surface area contributed by atoms with Crippen molar-refractivity contribution in [3.05, 3.63) is 16.7 Å². The molecule has 7 heteroatoms. The van der Waals surface area contributed by atoms with Crippen molar-refractivity contribution in [1.82, 2.24) is 14.9 Å². The number of hydrogen-bond donors (Lipinski definition) is 0. The summed E-state index contributed by atoms with van der Waals surface area (Å²) >= 11 is 7.78. The molecule has 2 fully saturated rings. The highest BCUT2D eigenvalue weighted by atomic mass is 35.5. The number of nitrogens with zero attached hydrogens (tertiary/aromatic N) is 4. The lowest BCUT2D eigenvalue weighted by Crippen LogP contribution is -2.49. The number of halogens is 1. The Bertz CT molecular complexity index is 650. The monoisotopic (exact) mass is 338 g/mol. The maximum atomic E-state index is 6.08. The lowest BCUT2D eigenvalue weighted by molar-refractivity contribution is 0.0115. The molecule has 4 rings (SSSR count). The Balaban J connectivity index is 1.49. The molecular weight excluding hydrogens is 320 g/mol. The third-order valence-corrected chi connectivity index (χ3v) is 5.65. The van der Waals surface area contributed by atoms with Crippen LogP contribution in [0.15, 0.2) is 11.4 Å². The van der Waals surface area contributed by atoms with E-state index >= 15 is 0 Å². The molecule has 2 aromatic rings. The van der Waals surface area contributed by atoms with Crippen molar-refractivity contribution in [2.45, 2.75) is 18.9 Å². The summed E-state index contributed by atoms with van der Waals surface area (Å²) in [7, 11) is 0. The molecule has 0 saturated carbocycles. The maximum Gasteiger partial charge on any atom is 0.224 e. The molecule has 2 saturated heterocycles. The molecule has 2 aromatic heterocycles. The van der Waals surface area contributed by atoms with Crippen LogP contribution in [0.25, 0.3) is 10.2 Å². The number of rotatable bonds is 2. The van der Waals surface area contributed by atoms with Crippen molar-refractivity contribution in [2.75, 3.05) is 44.3 Å². The molecule has 0 aliphatic carbocycles. The van der Waals surface area contributed by atoms with E-state index in [1.165, 1.54) is 12.8 Å². The lowest BCUT2D eigenvalue weighted by Gasteiger charge is -2.40. The average molecular weight is 339 g/mol. The zero-order chi connectivity index (χ0) is 14.9. The van der Waals surface area contributed by atoms with Gasteiger partial charge in [0.1, 0.15) is 0 Å². The minimum atomic E-state index is 0.344. The predicted molar refractivity (Wildman–Crippen MR) is 90.1 cm³/mol. The van der Waals surface area contributed by atoms with Gasteiger partial charge < -0.3 is 9.64 Å². The largest absolute Gasteiger partial charge is 0.379 e. The molecule has 4 heterocycles. The minimum Gasteiger partial charge on any atom is -0.379 e. The van der Waals surface area contributed by atoms with Crippen molar-refractivity contribution in [1.29, 1.82) is 0 Å². The summed E-state index contributed by atoms with van der Waals surface area (Å²) in [5.41, 5.74) is 0.954. The quantitative estimate of drug-likeness (QED) is 0.787. The van der Waals surface area contributed by atoms with Crippen LogP contribution < -0.4 is 4.90 Å². The van der Waals surface area contributed by atoms with Crippen LogP contribution in [-0.4, -0.2) is 60.3 Å². The van der Waals surface area contributed by atoms with E-state index in [2.05, 4.69) is 25.1 Å². The number of thiophene rings is 1. The second kappa shape index (κ2) is 6.28. The summed E-state index contributed by atoms with van der Waals surface area (Å²) in [6, 6.07) is 2.69. The van der Waals surface area contributed by atoms with E-state index in [1.54, 1.807) is 11.3 Å². The third kappa shape index (κ3) is 2.80. The number of aromatic nitrogens is 2. The number of hydrogen-bond acceptors (Lipinski definition) is 6. The van der Waals surface area contributed by atoms with Gasteiger partial charge in [-0.1, -0.05) is 0 Å². The first-order chi connectivity index (χ1) is 10.8. The maximum absolute atomic E-state index is 6.08. The second-order valence-electron chi connectivity index (χ2n) is 5.82. The van der Waals surface area contributed by atoms with E-state index in [-0.39, 0.29) is 0 Å². The summed E-state index contributed by atoms with van der Waals surface area (Å²) in [5.74, 6) is 1.01. The van der Waals surface area contributed by atoms with Gasteiger partial charge in [0.25, 0.3) is 0 Å². The van der Waals surface area contributed by atoms with Crippen LogP contribution in [0.5, 0.6) is 0 Å². The van der Waals surface area contributed by atoms with E-state index in [9.17, 15) is 0 Å². The fourth-order valence-electron chi connectivity index (χ4n) is 3.42. The number of morpholine rings is 1. The number of fused-ring (bicyclic) bond motifs is 1. The van der Waals surface area contributed by atoms with Gasteiger partial charge >= 0.3 is 0 Å². The van der Waals surface area contributed by atoms with Gasteiger partial charge in [-0.2, -0.15) is 4.98 Å². The van der Waals surface area contributed by atoms with Gasteiger partial charge in [-0.25, -0.2) is 4.98 Å². The Morgan fingerprint density at radius 1 is 1.14 bits per heavy atom. The highest BCUT2D eigenvalue weighted by molar-refractivity contribution is 7.17. The SMILES string of the molecule is Clc1nc(N2CCC(N3CCOCC3)CC2)c2sccc2n1. The van der Waals surface area contributed by atoms with E-state index in [1.807, 2.05) is 6.07 Å². The molecule has 0 N–H and O–H groups in total. The van der Waals surface area contributed by atoms with Gasteiger partial charge in [0.15, 0.2) is 5.82 Å². The van der Waals surface area contributed by atoms with Crippen molar-refractivity contribution >= 4 is 39.0 Å². The summed E-state index contributed by atoms with van der Waals surface area (Å²) < 4.78 is 6.60. The van der Waals surface area contributed by atoms with Gasteiger partial charge in [-0.05, 0) is 35.9 Å². The molecule has 5 nitrogen and oxygen atoms in total. The Kier molecular flexibility index (Phi) is 4.17. The lowest BCUT2D eigenvalue weighted by atomic mass is 10.0. The van der Waals surface area contributed by atoms with Gasteiger partial charge in [-0.15, -0.1) is 11.3 Å². The first kappa shape index (κ1) is 14.6. The van der Waals surface area contributed by atoms with Crippen LogP contribution in [-0.2, 0) is 4.74 Å². The van der Waals surface area contributed by atoms with Gasteiger partial charge in [-0.3, -0.25) is 4.90 Å². The third-order valence-electron chi connectivity index (χ3n) is 4.58. The zero-order valence-electron chi connectivity index (χ0n) is 12.4. The minimum absolute atomic E-state index is 0.344. The number of anilines is 1.